The number of rotatable bonds is 8. The van der Waals surface area contributed by atoms with E-state index in [0.717, 1.165) is 0 Å². The fourth-order valence-electron chi connectivity index (χ4n) is 4.04. The summed E-state index contributed by atoms with van der Waals surface area (Å²) < 4.78 is 37.8. The summed E-state index contributed by atoms with van der Waals surface area (Å²) in [4.78, 5) is 26.1. The van der Waals surface area contributed by atoms with E-state index in [0.29, 0.717) is 23.6 Å². The van der Waals surface area contributed by atoms with Gasteiger partial charge < -0.3 is 14.6 Å². The number of hydrogen-bond acceptors (Lipinski definition) is 7. The van der Waals surface area contributed by atoms with E-state index in [1.54, 1.807) is 49.4 Å². The molecule has 0 aliphatic carbocycles. The zero-order valence-corrected chi connectivity index (χ0v) is 20.6. The SMILES string of the molecule is CCOC(=O)c1ccc(N2C(=O)C(O)=C(S(=O)(=O)c3ccccc3)[C@@H]2c2ccc(OCC)cc2)cc1. The monoisotopic (exact) mass is 507 g/mol. The number of carbonyl (C=O) groups is 2. The molecule has 3 aromatic rings. The Morgan fingerprint density at radius 2 is 1.56 bits per heavy atom. The van der Waals surface area contributed by atoms with Gasteiger partial charge in [0.15, 0.2) is 5.76 Å². The molecule has 0 radical (unpaired) electrons. The molecule has 1 atom stereocenters. The Balaban J connectivity index is 1.84. The molecule has 1 N–H and O–H groups in total. The Hall–Kier alpha value is -4.11. The summed E-state index contributed by atoms with van der Waals surface area (Å²) >= 11 is 0. The Morgan fingerprint density at radius 3 is 2.14 bits per heavy atom. The lowest BCUT2D eigenvalue weighted by molar-refractivity contribution is -0.117. The van der Waals surface area contributed by atoms with E-state index in [1.807, 2.05) is 6.92 Å². The fraction of sp³-hybridized carbons (Fsp3) is 0.185. The topological polar surface area (TPSA) is 110 Å². The molecule has 0 aromatic heterocycles. The van der Waals surface area contributed by atoms with Crippen LogP contribution in [0.5, 0.6) is 5.75 Å². The molecule has 186 valence electrons. The summed E-state index contributed by atoms with van der Waals surface area (Å²) in [6, 6.07) is 19.1. The predicted octanol–water partition coefficient (Wildman–Crippen LogP) is 4.59. The first-order chi connectivity index (χ1) is 17.3. The maximum Gasteiger partial charge on any atom is 0.338 e. The zero-order valence-electron chi connectivity index (χ0n) is 19.7. The number of aliphatic hydroxyl groups is 1. The second kappa shape index (κ2) is 10.2. The molecule has 9 heteroatoms. The van der Waals surface area contributed by atoms with Gasteiger partial charge in [-0.05, 0) is 67.9 Å². The summed E-state index contributed by atoms with van der Waals surface area (Å²) in [6.07, 6.45) is 0. The van der Waals surface area contributed by atoms with Crippen LogP contribution in [0.4, 0.5) is 5.69 Å². The predicted molar refractivity (Wildman–Crippen MR) is 134 cm³/mol. The molecular weight excluding hydrogens is 482 g/mol. The van der Waals surface area contributed by atoms with Crippen LogP contribution in [-0.2, 0) is 19.4 Å². The van der Waals surface area contributed by atoms with Crippen molar-refractivity contribution in [1.82, 2.24) is 0 Å². The third-order valence-corrected chi connectivity index (χ3v) is 7.56. The highest BCUT2D eigenvalue weighted by molar-refractivity contribution is 7.95. The molecule has 36 heavy (non-hydrogen) atoms. The van der Waals surface area contributed by atoms with Gasteiger partial charge in [-0.2, -0.15) is 0 Å². The molecule has 0 saturated heterocycles. The number of sulfone groups is 1. The van der Waals surface area contributed by atoms with Crippen LogP contribution < -0.4 is 9.64 Å². The summed E-state index contributed by atoms with van der Waals surface area (Å²) in [7, 11) is -4.25. The lowest BCUT2D eigenvalue weighted by atomic mass is 10.1. The van der Waals surface area contributed by atoms with Gasteiger partial charge in [-0.15, -0.1) is 0 Å². The molecular formula is C27H25NO7S. The highest BCUT2D eigenvalue weighted by Gasteiger charge is 2.47. The van der Waals surface area contributed by atoms with Crippen molar-refractivity contribution >= 4 is 27.4 Å². The average molecular weight is 508 g/mol. The van der Waals surface area contributed by atoms with Crippen LogP contribution in [-0.4, -0.2) is 38.6 Å². The van der Waals surface area contributed by atoms with E-state index in [-0.39, 0.29) is 17.1 Å². The number of ether oxygens (including phenoxy) is 2. The van der Waals surface area contributed by atoms with Crippen LogP contribution in [0.15, 0.2) is 94.4 Å². The minimum atomic E-state index is -4.25. The minimum absolute atomic E-state index is 0.0465. The number of amides is 1. The Morgan fingerprint density at radius 1 is 0.917 bits per heavy atom. The van der Waals surface area contributed by atoms with Gasteiger partial charge >= 0.3 is 5.97 Å². The Bertz CT molecular complexity index is 1400. The highest BCUT2D eigenvalue weighted by atomic mass is 32.2. The minimum Gasteiger partial charge on any atom is -0.502 e. The lowest BCUT2D eigenvalue weighted by Gasteiger charge is -2.27. The Kier molecular flexibility index (Phi) is 7.12. The van der Waals surface area contributed by atoms with Crippen molar-refractivity contribution in [1.29, 1.82) is 0 Å². The second-order valence-corrected chi connectivity index (χ2v) is 9.79. The Labute approximate surface area is 209 Å². The van der Waals surface area contributed by atoms with Gasteiger partial charge in [0, 0.05) is 5.69 Å². The van der Waals surface area contributed by atoms with Crippen LogP contribution in [0.3, 0.4) is 0 Å². The van der Waals surface area contributed by atoms with E-state index in [1.165, 1.54) is 41.3 Å². The molecule has 1 amide bonds. The van der Waals surface area contributed by atoms with Gasteiger partial charge in [-0.1, -0.05) is 30.3 Å². The van der Waals surface area contributed by atoms with Gasteiger partial charge in [-0.3, -0.25) is 9.69 Å². The molecule has 4 rings (SSSR count). The molecule has 0 spiro atoms. The van der Waals surface area contributed by atoms with Crippen molar-refractivity contribution in [3.05, 3.63) is 101 Å². The molecule has 1 aliphatic rings. The smallest absolute Gasteiger partial charge is 0.338 e. The van der Waals surface area contributed by atoms with Crippen LogP contribution in [0.2, 0.25) is 0 Å². The number of hydrogen-bond donors (Lipinski definition) is 1. The maximum absolute atomic E-state index is 13.7. The number of aliphatic hydroxyl groups excluding tert-OH is 1. The normalized spacial score (nSPS) is 15.8. The molecule has 0 fully saturated rings. The highest BCUT2D eigenvalue weighted by Crippen LogP contribution is 2.45. The fourth-order valence-corrected chi connectivity index (χ4v) is 5.68. The molecule has 0 bridgehead atoms. The number of benzene rings is 3. The van der Waals surface area contributed by atoms with Gasteiger partial charge in [0.05, 0.1) is 23.7 Å². The number of carbonyl (C=O) groups excluding carboxylic acids is 2. The first kappa shape index (κ1) is 25.0. The number of esters is 1. The van der Waals surface area contributed by atoms with Crippen molar-refractivity contribution in [2.45, 2.75) is 24.8 Å². The first-order valence-corrected chi connectivity index (χ1v) is 12.8. The quantitative estimate of drug-likeness (QED) is 0.444. The van der Waals surface area contributed by atoms with Gasteiger partial charge in [-0.25, -0.2) is 13.2 Å². The number of nitrogens with zero attached hydrogens (tertiary/aromatic N) is 1. The zero-order chi connectivity index (χ0) is 25.9. The van der Waals surface area contributed by atoms with E-state index >= 15 is 0 Å². The third-order valence-electron chi connectivity index (χ3n) is 5.67. The first-order valence-electron chi connectivity index (χ1n) is 11.4. The van der Waals surface area contributed by atoms with Crippen molar-refractivity contribution in [3.8, 4) is 5.75 Å². The van der Waals surface area contributed by atoms with Crippen LogP contribution in [0.1, 0.15) is 35.8 Å². The molecule has 8 nitrogen and oxygen atoms in total. The lowest BCUT2D eigenvalue weighted by Crippen LogP contribution is -2.31. The van der Waals surface area contributed by atoms with E-state index in [9.17, 15) is 23.1 Å². The van der Waals surface area contributed by atoms with Crippen molar-refractivity contribution in [2.75, 3.05) is 18.1 Å². The van der Waals surface area contributed by atoms with Crippen molar-refractivity contribution in [3.63, 3.8) is 0 Å². The summed E-state index contributed by atoms with van der Waals surface area (Å²) in [5, 5.41) is 10.9. The maximum atomic E-state index is 13.7. The van der Waals surface area contributed by atoms with Crippen LogP contribution in [0, 0.1) is 0 Å². The average Bonchev–Trinajstić information content (AvgIpc) is 3.16. The number of anilines is 1. The molecule has 1 heterocycles. The summed E-state index contributed by atoms with van der Waals surface area (Å²) in [5.74, 6) is -1.66. The molecule has 3 aromatic carbocycles. The summed E-state index contributed by atoms with van der Waals surface area (Å²) in [6.45, 7) is 4.20. The standard InChI is InChI=1S/C27H25NO7S/c1-3-34-21-16-12-18(13-17-21)23-25(36(32,33)22-8-6-5-7-9-22)24(29)26(30)28(23)20-14-10-19(11-15-20)27(31)35-4-2/h5-17,23,29H,3-4H2,1-2H3/t23-/m0/s1. The summed E-state index contributed by atoms with van der Waals surface area (Å²) in [5.41, 5.74) is 1.04. The van der Waals surface area contributed by atoms with Gasteiger partial charge in [0.1, 0.15) is 16.7 Å². The molecule has 1 aliphatic heterocycles. The van der Waals surface area contributed by atoms with Gasteiger partial charge in [0.25, 0.3) is 5.91 Å². The molecule has 0 unspecified atom stereocenters. The van der Waals surface area contributed by atoms with E-state index in [2.05, 4.69) is 0 Å². The second-order valence-electron chi connectivity index (χ2n) is 7.88. The third kappa shape index (κ3) is 4.57. The van der Waals surface area contributed by atoms with E-state index in [4.69, 9.17) is 9.47 Å². The van der Waals surface area contributed by atoms with Crippen LogP contribution in [0.25, 0.3) is 0 Å². The largest absolute Gasteiger partial charge is 0.502 e. The van der Waals surface area contributed by atoms with Crippen molar-refractivity contribution < 1.29 is 32.6 Å². The van der Waals surface area contributed by atoms with Crippen molar-refractivity contribution in [2.24, 2.45) is 0 Å². The van der Waals surface area contributed by atoms with Crippen LogP contribution >= 0.6 is 0 Å². The molecule has 0 saturated carbocycles. The van der Waals surface area contributed by atoms with Gasteiger partial charge in [0.2, 0.25) is 9.84 Å². The van der Waals surface area contributed by atoms with E-state index < -0.39 is 38.4 Å².